The first-order chi connectivity index (χ1) is 9.49. The van der Waals surface area contributed by atoms with Gasteiger partial charge < -0.3 is 10.6 Å². The molecule has 1 rings (SSSR count). The van der Waals surface area contributed by atoms with E-state index in [-0.39, 0.29) is 11.5 Å². The Morgan fingerprint density at radius 1 is 1.14 bits per heavy atom. The van der Waals surface area contributed by atoms with Crippen LogP contribution in [0.25, 0.3) is 0 Å². The normalized spacial score (nSPS) is 11.9. The van der Waals surface area contributed by atoms with Crippen LogP contribution in [0, 0.1) is 5.41 Å². The summed E-state index contributed by atoms with van der Waals surface area (Å²) in [7, 11) is 0. The lowest BCUT2D eigenvalue weighted by molar-refractivity contribution is -0.123. The minimum absolute atomic E-state index is 0.0472. The largest absolute Gasteiger partial charge is 0.405 e. The molecule has 0 saturated carbocycles. The molecule has 0 aromatic heterocycles. The molecule has 0 saturated heterocycles. The van der Waals surface area contributed by atoms with Crippen molar-refractivity contribution < 1.29 is 22.8 Å². The highest BCUT2D eigenvalue weighted by molar-refractivity contribution is 5.98. The second-order valence-corrected chi connectivity index (χ2v) is 5.58. The standard InChI is InChI=1S/C14H17F3N2O2/c1-13(2,3)12(21)19-10-6-4-5-9(7-10)11(20)18-8-14(15,16)17/h4-7H,8H2,1-3H3,(H,18,20)(H,19,21). The molecule has 0 aliphatic rings. The van der Waals surface area contributed by atoms with Crippen molar-refractivity contribution in [2.45, 2.75) is 26.9 Å². The summed E-state index contributed by atoms with van der Waals surface area (Å²) in [4.78, 5) is 23.4. The molecular weight excluding hydrogens is 285 g/mol. The van der Waals surface area contributed by atoms with Crippen LogP contribution in [-0.4, -0.2) is 24.5 Å². The zero-order valence-corrected chi connectivity index (χ0v) is 12.0. The Balaban J connectivity index is 2.77. The van der Waals surface area contributed by atoms with E-state index in [1.54, 1.807) is 32.2 Å². The van der Waals surface area contributed by atoms with Gasteiger partial charge in [0, 0.05) is 16.7 Å². The third kappa shape index (κ3) is 5.85. The molecule has 0 aliphatic carbocycles. The molecule has 0 fully saturated rings. The minimum atomic E-state index is -4.46. The van der Waals surface area contributed by atoms with Crippen LogP contribution in [0.3, 0.4) is 0 Å². The molecule has 21 heavy (non-hydrogen) atoms. The van der Waals surface area contributed by atoms with Crippen LogP contribution in [-0.2, 0) is 4.79 Å². The van der Waals surface area contributed by atoms with Gasteiger partial charge in [-0.1, -0.05) is 26.8 Å². The van der Waals surface area contributed by atoms with Crippen molar-refractivity contribution >= 4 is 17.5 Å². The number of hydrogen-bond donors (Lipinski definition) is 2. The Morgan fingerprint density at radius 3 is 2.29 bits per heavy atom. The fraction of sp³-hybridized carbons (Fsp3) is 0.429. The number of carbonyl (C=O) groups is 2. The Bertz CT molecular complexity index is 534. The van der Waals surface area contributed by atoms with E-state index in [2.05, 4.69) is 5.32 Å². The molecule has 0 unspecified atom stereocenters. The van der Waals surface area contributed by atoms with Gasteiger partial charge in [0.05, 0.1) is 0 Å². The highest BCUT2D eigenvalue weighted by atomic mass is 19.4. The van der Waals surface area contributed by atoms with E-state index in [1.807, 2.05) is 0 Å². The van der Waals surface area contributed by atoms with Crippen LogP contribution in [0.15, 0.2) is 24.3 Å². The lowest BCUT2D eigenvalue weighted by Gasteiger charge is -2.18. The quantitative estimate of drug-likeness (QED) is 0.902. The van der Waals surface area contributed by atoms with Gasteiger partial charge in [-0.3, -0.25) is 9.59 Å². The molecule has 0 radical (unpaired) electrons. The molecule has 0 heterocycles. The molecule has 1 aromatic carbocycles. The number of alkyl halides is 3. The highest BCUT2D eigenvalue weighted by Crippen LogP contribution is 2.18. The molecule has 2 amide bonds. The number of benzene rings is 1. The maximum atomic E-state index is 12.0. The molecule has 7 heteroatoms. The Hall–Kier alpha value is -2.05. The highest BCUT2D eigenvalue weighted by Gasteiger charge is 2.28. The Morgan fingerprint density at radius 2 is 1.76 bits per heavy atom. The van der Waals surface area contributed by atoms with Crippen LogP contribution in [0.1, 0.15) is 31.1 Å². The number of halogens is 3. The number of anilines is 1. The van der Waals surface area contributed by atoms with Gasteiger partial charge in [-0.25, -0.2) is 0 Å². The van der Waals surface area contributed by atoms with Crippen LogP contribution in [0.4, 0.5) is 18.9 Å². The van der Waals surface area contributed by atoms with Crippen molar-refractivity contribution in [3.8, 4) is 0 Å². The van der Waals surface area contributed by atoms with Crippen molar-refractivity contribution in [2.24, 2.45) is 5.41 Å². The summed E-state index contributed by atoms with van der Waals surface area (Å²) >= 11 is 0. The predicted molar refractivity (Wildman–Crippen MR) is 72.9 cm³/mol. The average Bonchev–Trinajstić information content (AvgIpc) is 2.34. The predicted octanol–water partition coefficient (Wildman–Crippen LogP) is 2.96. The summed E-state index contributed by atoms with van der Waals surface area (Å²) in [5, 5.41) is 4.38. The first kappa shape index (κ1) is 17.0. The zero-order chi connectivity index (χ0) is 16.3. The molecule has 1 aromatic rings. The number of nitrogens with one attached hydrogen (secondary N) is 2. The van der Waals surface area contributed by atoms with Gasteiger partial charge in [0.2, 0.25) is 5.91 Å². The Kier molecular flexibility index (Phi) is 4.98. The fourth-order valence-corrected chi connectivity index (χ4v) is 1.34. The monoisotopic (exact) mass is 302 g/mol. The van der Waals surface area contributed by atoms with Gasteiger partial charge in [-0.05, 0) is 18.2 Å². The first-order valence-electron chi connectivity index (χ1n) is 6.25. The molecule has 0 atom stereocenters. The third-order valence-electron chi connectivity index (χ3n) is 2.51. The molecule has 0 spiro atoms. The van der Waals surface area contributed by atoms with Crippen LogP contribution >= 0.6 is 0 Å². The van der Waals surface area contributed by atoms with Crippen molar-refractivity contribution in [3.05, 3.63) is 29.8 Å². The molecular formula is C14H17F3N2O2. The number of carbonyl (C=O) groups excluding carboxylic acids is 2. The third-order valence-corrected chi connectivity index (χ3v) is 2.51. The van der Waals surface area contributed by atoms with Crippen LogP contribution < -0.4 is 10.6 Å². The SMILES string of the molecule is CC(C)(C)C(=O)Nc1cccc(C(=O)NCC(F)(F)F)c1. The molecule has 116 valence electrons. The van der Waals surface area contributed by atoms with Gasteiger partial charge >= 0.3 is 6.18 Å². The van der Waals surface area contributed by atoms with Gasteiger partial charge in [0.1, 0.15) is 6.54 Å². The van der Waals surface area contributed by atoms with Gasteiger partial charge in [0.15, 0.2) is 0 Å². The molecule has 0 bridgehead atoms. The van der Waals surface area contributed by atoms with E-state index in [9.17, 15) is 22.8 Å². The van der Waals surface area contributed by atoms with Gasteiger partial charge in [-0.2, -0.15) is 13.2 Å². The number of hydrogen-bond acceptors (Lipinski definition) is 2. The lowest BCUT2D eigenvalue weighted by atomic mass is 9.95. The summed E-state index contributed by atoms with van der Waals surface area (Å²) < 4.78 is 36.1. The molecule has 4 nitrogen and oxygen atoms in total. The van der Waals surface area contributed by atoms with Gasteiger partial charge in [-0.15, -0.1) is 0 Å². The lowest BCUT2D eigenvalue weighted by Crippen LogP contribution is -2.33. The van der Waals surface area contributed by atoms with E-state index in [0.29, 0.717) is 5.69 Å². The molecule has 2 N–H and O–H groups in total. The van der Waals surface area contributed by atoms with Crippen molar-refractivity contribution in [2.75, 3.05) is 11.9 Å². The van der Waals surface area contributed by atoms with Crippen LogP contribution in [0.5, 0.6) is 0 Å². The first-order valence-corrected chi connectivity index (χ1v) is 6.25. The second kappa shape index (κ2) is 6.15. The van der Waals surface area contributed by atoms with E-state index in [0.717, 1.165) is 0 Å². The number of rotatable bonds is 3. The molecule has 0 aliphatic heterocycles. The van der Waals surface area contributed by atoms with Crippen molar-refractivity contribution in [1.29, 1.82) is 0 Å². The topological polar surface area (TPSA) is 58.2 Å². The van der Waals surface area contributed by atoms with E-state index in [4.69, 9.17) is 0 Å². The summed E-state index contributed by atoms with van der Waals surface area (Å²) in [6.45, 7) is 3.77. The zero-order valence-electron chi connectivity index (χ0n) is 12.0. The smallest absolute Gasteiger partial charge is 0.343 e. The Labute approximate surface area is 120 Å². The van der Waals surface area contributed by atoms with Crippen LogP contribution in [0.2, 0.25) is 0 Å². The fourth-order valence-electron chi connectivity index (χ4n) is 1.34. The average molecular weight is 302 g/mol. The summed E-state index contributed by atoms with van der Waals surface area (Å²) in [6.07, 6.45) is -4.46. The maximum absolute atomic E-state index is 12.0. The van der Waals surface area contributed by atoms with E-state index in [1.165, 1.54) is 18.2 Å². The summed E-state index contributed by atoms with van der Waals surface area (Å²) in [5.74, 6) is -1.10. The van der Waals surface area contributed by atoms with E-state index < -0.39 is 24.0 Å². The maximum Gasteiger partial charge on any atom is 0.405 e. The minimum Gasteiger partial charge on any atom is -0.343 e. The van der Waals surface area contributed by atoms with Crippen molar-refractivity contribution in [1.82, 2.24) is 5.32 Å². The summed E-state index contributed by atoms with van der Waals surface area (Å²) in [5.41, 5.74) is -0.213. The second-order valence-electron chi connectivity index (χ2n) is 5.58. The number of amides is 2. The van der Waals surface area contributed by atoms with Crippen molar-refractivity contribution in [3.63, 3.8) is 0 Å². The summed E-state index contributed by atoms with van der Waals surface area (Å²) in [6, 6.07) is 5.75. The van der Waals surface area contributed by atoms with E-state index >= 15 is 0 Å². The van der Waals surface area contributed by atoms with Gasteiger partial charge in [0.25, 0.3) is 5.91 Å².